The maximum Gasteiger partial charge on any atom is 0.223 e. The van der Waals surface area contributed by atoms with Gasteiger partial charge in [0.1, 0.15) is 11.5 Å². The third-order valence-corrected chi connectivity index (χ3v) is 3.68. The maximum atomic E-state index is 10.5. The molecule has 112 valence electrons. The van der Waals surface area contributed by atoms with Crippen LogP contribution in [-0.4, -0.2) is 14.7 Å². The molecule has 1 aromatic heterocycles. The minimum Gasteiger partial charge on any atom is -0.493 e. The molecule has 2 aromatic carbocycles. The van der Waals surface area contributed by atoms with E-state index in [1.54, 1.807) is 10.6 Å². The van der Waals surface area contributed by atoms with Crippen LogP contribution in [0.25, 0.3) is 11.8 Å². The molecular formula is C18H14N4O. The number of aromatic hydroxyl groups is 1. The van der Waals surface area contributed by atoms with Gasteiger partial charge < -0.3 is 5.11 Å². The smallest absolute Gasteiger partial charge is 0.223 e. The molecule has 0 atom stereocenters. The second-order valence-electron chi connectivity index (χ2n) is 5.25. The lowest BCUT2D eigenvalue weighted by Crippen LogP contribution is -2.19. The summed E-state index contributed by atoms with van der Waals surface area (Å²) in [7, 11) is 0. The van der Waals surface area contributed by atoms with Crippen LogP contribution in [0.15, 0.2) is 70.4 Å². The van der Waals surface area contributed by atoms with Crippen LogP contribution in [0.1, 0.15) is 11.5 Å². The van der Waals surface area contributed by atoms with Crippen LogP contribution in [0.2, 0.25) is 0 Å². The van der Waals surface area contributed by atoms with Crippen molar-refractivity contribution >= 4 is 6.08 Å². The molecule has 0 amide bonds. The number of hydrogen-bond donors (Lipinski definition) is 1. The van der Waals surface area contributed by atoms with Crippen LogP contribution in [-0.2, 0) is 0 Å². The van der Waals surface area contributed by atoms with Crippen LogP contribution in [0.3, 0.4) is 0 Å². The Labute approximate surface area is 132 Å². The third kappa shape index (κ3) is 2.32. The summed E-state index contributed by atoms with van der Waals surface area (Å²) < 4.78 is 1.70. The second-order valence-corrected chi connectivity index (χ2v) is 5.25. The molecule has 5 heteroatoms. The summed E-state index contributed by atoms with van der Waals surface area (Å²) in [5.74, 6) is 1.33. The van der Waals surface area contributed by atoms with E-state index < -0.39 is 0 Å². The normalized spacial score (nSPS) is 12.5. The highest BCUT2D eigenvalue weighted by atomic mass is 16.3. The molecule has 1 N–H and O–H groups in total. The molecule has 0 saturated heterocycles. The van der Waals surface area contributed by atoms with Crippen molar-refractivity contribution in [2.45, 2.75) is 6.92 Å². The van der Waals surface area contributed by atoms with Crippen molar-refractivity contribution < 1.29 is 5.11 Å². The molecule has 0 radical (unpaired) electrons. The summed E-state index contributed by atoms with van der Waals surface area (Å²) in [6, 6.07) is 17.3. The van der Waals surface area contributed by atoms with Crippen LogP contribution >= 0.6 is 0 Å². The van der Waals surface area contributed by atoms with E-state index in [0.717, 1.165) is 16.4 Å². The van der Waals surface area contributed by atoms with Crippen LogP contribution in [0.4, 0.5) is 0 Å². The monoisotopic (exact) mass is 302 g/mol. The van der Waals surface area contributed by atoms with Gasteiger partial charge in [0.2, 0.25) is 5.88 Å². The molecule has 1 aliphatic rings. The standard InChI is InChI=1S/C18H14N4O/c1-12-19-16(18(23)22(12)13-7-3-2-4-8-13)11-17-20-14-9-5-6-10-15(14)21-17/h2-11,23H,1H3. The summed E-state index contributed by atoms with van der Waals surface area (Å²) in [4.78, 5) is 13.3. The largest absolute Gasteiger partial charge is 0.493 e. The van der Waals surface area contributed by atoms with Crippen molar-refractivity contribution in [3.05, 3.63) is 82.7 Å². The molecule has 0 saturated carbocycles. The van der Waals surface area contributed by atoms with Gasteiger partial charge in [-0.2, -0.15) is 0 Å². The van der Waals surface area contributed by atoms with Crippen LogP contribution in [0.5, 0.6) is 5.88 Å². The zero-order valence-corrected chi connectivity index (χ0v) is 12.5. The Bertz CT molecular complexity index is 996. The quantitative estimate of drug-likeness (QED) is 0.788. The average Bonchev–Trinajstić information content (AvgIpc) is 3.09. The minimum atomic E-state index is 0.0857. The van der Waals surface area contributed by atoms with Gasteiger partial charge in [-0.05, 0) is 31.2 Å². The van der Waals surface area contributed by atoms with E-state index in [4.69, 9.17) is 0 Å². The highest BCUT2D eigenvalue weighted by Crippen LogP contribution is 2.26. The molecule has 23 heavy (non-hydrogen) atoms. The lowest BCUT2D eigenvalue weighted by Gasteiger charge is -2.05. The molecule has 0 aliphatic carbocycles. The predicted octanol–water partition coefficient (Wildman–Crippen LogP) is 2.14. The highest BCUT2D eigenvalue weighted by Gasteiger charge is 2.14. The van der Waals surface area contributed by atoms with Crippen molar-refractivity contribution in [1.82, 2.24) is 9.55 Å². The van der Waals surface area contributed by atoms with E-state index in [1.165, 1.54) is 0 Å². The predicted molar refractivity (Wildman–Crippen MR) is 86.7 cm³/mol. The number of hydrogen-bond acceptors (Lipinski definition) is 4. The van der Waals surface area contributed by atoms with E-state index in [-0.39, 0.29) is 5.88 Å². The van der Waals surface area contributed by atoms with Gasteiger partial charge in [-0.25, -0.2) is 15.0 Å². The van der Waals surface area contributed by atoms with Gasteiger partial charge in [0.25, 0.3) is 0 Å². The molecule has 3 aromatic rings. The minimum absolute atomic E-state index is 0.0857. The van der Waals surface area contributed by atoms with Crippen molar-refractivity contribution in [3.63, 3.8) is 0 Å². The van der Waals surface area contributed by atoms with E-state index >= 15 is 0 Å². The van der Waals surface area contributed by atoms with Gasteiger partial charge in [0.15, 0.2) is 5.82 Å². The number of benzene rings is 2. The molecule has 5 nitrogen and oxygen atoms in total. The first-order valence-corrected chi connectivity index (χ1v) is 7.30. The number of aromatic nitrogens is 2. The van der Waals surface area contributed by atoms with Crippen molar-refractivity contribution in [2.24, 2.45) is 9.98 Å². The van der Waals surface area contributed by atoms with E-state index in [0.29, 0.717) is 17.3 Å². The molecule has 2 heterocycles. The van der Waals surface area contributed by atoms with Gasteiger partial charge in [-0.15, -0.1) is 0 Å². The van der Waals surface area contributed by atoms with E-state index in [9.17, 15) is 5.11 Å². The first-order chi connectivity index (χ1) is 11.2. The molecule has 0 unspecified atom stereocenters. The Morgan fingerprint density at radius 3 is 2.17 bits per heavy atom. The molecule has 1 aliphatic heterocycles. The van der Waals surface area contributed by atoms with Crippen molar-refractivity contribution in [3.8, 4) is 11.6 Å². The zero-order chi connectivity index (χ0) is 15.8. The van der Waals surface area contributed by atoms with Crippen molar-refractivity contribution in [1.29, 1.82) is 0 Å². The third-order valence-electron chi connectivity index (χ3n) is 3.68. The summed E-state index contributed by atoms with van der Waals surface area (Å²) >= 11 is 0. The van der Waals surface area contributed by atoms with Gasteiger partial charge in [-0.3, -0.25) is 4.57 Å². The molecule has 0 bridgehead atoms. The van der Waals surface area contributed by atoms with Gasteiger partial charge in [0.05, 0.1) is 16.4 Å². The van der Waals surface area contributed by atoms with Crippen molar-refractivity contribution in [2.75, 3.05) is 0 Å². The fourth-order valence-corrected chi connectivity index (χ4v) is 2.64. The summed E-state index contributed by atoms with van der Waals surface area (Å²) in [5.41, 5.74) is 1.32. The maximum absolute atomic E-state index is 10.5. The first kappa shape index (κ1) is 13.5. The first-order valence-electron chi connectivity index (χ1n) is 7.30. The Kier molecular flexibility index (Phi) is 3.05. The zero-order valence-electron chi connectivity index (χ0n) is 12.5. The number of fused-ring (bicyclic) bond motifs is 1. The summed E-state index contributed by atoms with van der Waals surface area (Å²) in [6.45, 7) is 1.85. The number of imidazole rings is 1. The molecule has 0 fully saturated rings. The Morgan fingerprint density at radius 2 is 1.52 bits per heavy atom. The SMILES string of the molecule is Cc1nc(C=C2N=c3ccccc3=N2)c(O)n1-c1ccccc1. The second kappa shape index (κ2) is 5.21. The van der Waals surface area contributed by atoms with Crippen LogP contribution < -0.4 is 10.7 Å². The Morgan fingerprint density at radius 1 is 0.913 bits per heavy atom. The number of rotatable bonds is 2. The topological polar surface area (TPSA) is 62.8 Å². The van der Waals surface area contributed by atoms with Crippen LogP contribution in [0, 0.1) is 6.92 Å². The average molecular weight is 302 g/mol. The fraction of sp³-hybridized carbons (Fsp3) is 0.0556. The number of aryl methyl sites for hydroxylation is 1. The molecular weight excluding hydrogens is 288 g/mol. The van der Waals surface area contributed by atoms with Gasteiger partial charge in [0, 0.05) is 6.08 Å². The summed E-state index contributed by atoms with van der Waals surface area (Å²) in [5, 5.41) is 12.2. The van der Waals surface area contributed by atoms with E-state index in [1.807, 2.05) is 61.5 Å². The van der Waals surface area contributed by atoms with Gasteiger partial charge in [-0.1, -0.05) is 30.3 Å². The number of para-hydroxylation sites is 3. The fourth-order valence-electron chi connectivity index (χ4n) is 2.64. The number of nitrogens with zero attached hydrogens (tertiary/aromatic N) is 4. The Balaban J connectivity index is 1.81. The molecule has 4 rings (SSSR count). The van der Waals surface area contributed by atoms with Gasteiger partial charge >= 0.3 is 0 Å². The van der Waals surface area contributed by atoms with E-state index in [2.05, 4.69) is 15.0 Å². The lowest BCUT2D eigenvalue weighted by atomic mass is 10.3. The molecule has 0 spiro atoms. The lowest BCUT2D eigenvalue weighted by molar-refractivity contribution is 0.440. The summed E-state index contributed by atoms with van der Waals surface area (Å²) in [6.07, 6.45) is 1.70. The highest BCUT2D eigenvalue weighted by molar-refractivity contribution is 5.56. The Hall–Kier alpha value is -3.21.